The summed E-state index contributed by atoms with van der Waals surface area (Å²) in [7, 11) is 2.02. The first-order chi connectivity index (χ1) is 10.3. The lowest BCUT2D eigenvalue weighted by atomic mass is 10.0. The van der Waals surface area contributed by atoms with E-state index in [0.717, 1.165) is 18.7 Å². The largest absolute Gasteiger partial charge is 0.337 e. The van der Waals surface area contributed by atoms with Gasteiger partial charge in [-0.15, -0.1) is 24.8 Å². The molecule has 0 bridgehead atoms. The molecule has 0 aromatic carbocycles. The van der Waals surface area contributed by atoms with Crippen LogP contribution in [0.3, 0.4) is 0 Å². The molecule has 8 heteroatoms. The molecule has 23 heavy (non-hydrogen) atoms. The van der Waals surface area contributed by atoms with Crippen molar-refractivity contribution in [3.8, 4) is 11.4 Å². The van der Waals surface area contributed by atoms with Crippen LogP contribution >= 0.6 is 24.8 Å². The highest BCUT2D eigenvalue weighted by Crippen LogP contribution is 2.24. The fourth-order valence-corrected chi connectivity index (χ4v) is 2.77. The molecule has 6 nitrogen and oxygen atoms in total. The van der Waals surface area contributed by atoms with Crippen LogP contribution in [0.15, 0.2) is 29.0 Å². The molecule has 1 N–H and O–H groups in total. The monoisotopic (exact) mass is 359 g/mol. The summed E-state index contributed by atoms with van der Waals surface area (Å²) in [6, 6.07) is 4.49. The highest BCUT2D eigenvalue weighted by atomic mass is 35.5. The Kier molecular flexibility index (Phi) is 7.91. The summed E-state index contributed by atoms with van der Waals surface area (Å²) in [5.74, 6) is 1.28. The maximum Gasteiger partial charge on any atom is 0.244 e. The van der Waals surface area contributed by atoms with E-state index in [1.165, 1.54) is 12.8 Å². The predicted molar refractivity (Wildman–Crippen MR) is 94.1 cm³/mol. The molecule has 128 valence electrons. The van der Waals surface area contributed by atoms with Crippen molar-refractivity contribution >= 4 is 24.8 Å². The van der Waals surface area contributed by atoms with Crippen molar-refractivity contribution in [1.29, 1.82) is 0 Å². The van der Waals surface area contributed by atoms with Gasteiger partial charge in [0.2, 0.25) is 11.7 Å². The fraction of sp³-hybridized carbons (Fsp3) is 0.533. The van der Waals surface area contributed by atoms with Gasteiger partial charge in [0.15, 0.2) is 0 Å². The Labute approximate surface area is 148 Å². The van der Waals surface area contributed by atoms with Crippen LogP contribution in [-0.4, -0.2) is 46.2 Å². The van der Waals surface area contributed by atoms with Gasteiger partial charge in [-0.3, -0.25) is 9.88 Å². The average molecular weight is 360 g/mol. The van der Waals surface area contributed by atoms with Crippen molar-refractivity contribution in [2.45, 2.75) is 31.8 Å². The molecule has 1 aliphatic heterocycles. The normalized spacial score (nSPS) is 19.5. The van der Waals surface area contributed by atoms with Gasteiger partial charge in [-0.25, -0.2) is 0 Å². The van der Waals surface area contributed by atoms with Crippen molar-refractivity contribution in [3.63, 3.8) is 0 Å². The van der Waals surface area contributed by atoms with Crippen molar-refractivity contribution in [3.05, 3.63) is 30.4 Å². The van der Waals surface area contributed by atoms with Crippen LogP contribution in [0.25, 0.3) is 11.4 Å². The second-order valence-corrected chi connectivity index (χ2v) is 5.50. The number of piperidine rings is 1. The van der Waals surface area contributed by atoms with Crippen molar-refractivity contribution in [1.82, 2.24) is 25.3 Å². The third-order valence-electron chi connectivity index (χ3n) is 4.13. The molecule has 0 aliphatic carbocycles. The summed E-state index contributed by atoms with van der Waals surface area (Å²) < 4.78 is 5.45. The molecule has 2 atom stereocenters. The standard InChI is InChI=1S/C15H21N5O.2ClH/c1-11(20-8-4-6-13(10-20)16-2)15-18-14(19-21-15)12-5-3-7-17-9-12;;/h3,5,7,9,11,13,16H,4,6,8,10H2,1-2H3;2*1H. The summed E-state index contributed by atoms with van der Waals surface area (Å²) in [6.45, 7) is 4.21. The minimum absolute atomic E-state index is 0. The van der Waals surface area contributed by atoms with Gasteiger partial charge in [0, 0.05) is 30.5 Å². The highest BCUT2D eigenvalue weighted by Gasteiger charge is 2.26. The molecule has 0 amide bonds. The van der Waals surface area contributed by atoms with E-state index in [0.29, 0.717) is 17.8 Å². The van der Waals surface area contributed by atoms with E-state index in [9.17, 15) is 0 Å². The zero-order valence-corrected chi connectivity index (χ0v) is 14.9. The van der Waals surface area contributed by atoms with Gasteiger partial charge in [0.05, 0.1) is 6.04 Å². The fourth-order valence-electron chi connectivity index (χ4n) is 2.77. The van der Waals surface area contributed by atoms with E-state index in [4.69, 9.17) is 4.52 Å². The Balaban J connectivity index is 0.00000132. The quantitative estimate of drug-likeness (QED) is 0.904. The van der Waals surface area contributed by atoms with E-state index in [1.807, 2.05) is 19.2 Å². The number of hydrogen-bond acceptors (Lipinski definition) is 6. The molecule has 0 saturated carbocycles. The third-order valence-corrected chi connectivity index (χ3v) is 4.13. The van der Waals surface area contributed by atoms with Crippen LogP contribution in [-0.2, 0) is 0 Å². The molecular formula is C15H23Cl2N5O. The van der Waals surface area contributed by atoms with Gasteiger partial charge >= 0.3 is 0 Å². The first-order valence-corrected chi connectivity index (χ1v) is 7.43. The number of pyridine rings is 1. The molecule has 1 fully saturated rings. The van der Waals surface area contributed by atoms with Crippen LogP contribution in [0.5, 0.6) is 0 Å². The van der Waals surface area contributed by atoms with Gasteiger partial charge < -0.3 is 9.84 Å². The van der Waals surface area contributed by atoms with Gasteiger partial charge in [0.1, 0.15) is 0 Å². The zero-order valence-electron chi connectivity index (χ0n) is 13.3. The minimum atomic E-state index is 0. The van der Waals surface area contributed by atoms with E-state index < -0.39 is 0 Å². The van der Waals surface area contributed by atoms with Gasteiger partial charge in [-0.1, -0.05) is 5.16 Å². The number of likely N-dealkylation sites (N-methyl/N-ethyl adjacent to an activating group) is 1. The SMILES string of the molecule is CNC1CCCN(C(C)c2nc(-c3cccnc3)no2)C1.Cl.Cl. The average Bonchev–Trinajstić information content (AvgIpc) is 3.05. The summed E-state index contributed by atoms with van der Waals surface area (Å²) >= 11 is 0. The summed E-state index contributed by atoms with van der Waals surface area (Å²) in [5, 5.41) is 7.43. The number of nitrogens with one attached hydrogen (secondary N) is 1. The number of likely N-dealkylation sites (tertiary alicyclic amines) is 1. The van der Waals surface area contributed by atoms with E-state index in [-0.39, 0.29) is 30.9 Å². The topological polar surface area (TPSA) is 67.1 Å². The predicted octanol–water partition coefficient (Wildman–Crippen LogP) is 2.72. The first-order valence-electron chi connectivity index (χ1n) is 7.43. The van der Waals surface area contributed by atoms with Crippen LogP contribution in [0.4, 0.5) is 0 Å². The molecule has 1 saturated heterocycles. The Morgan fingerprint density at radius 3 is 2.91 bits per heavy atom. The second-order valence-electron chi connectivity index (χ2n) is 5.50. The van der Waals surface area contributed by atoms with Crippen LogP contribution in [0, 0.1) is 0 Å². The molecule has 1 aliphatic rings. The molecule has 2 aromatic heterocycles. The Morgan fingerprint density at radius 1 is 1.39 bits per heavy atom. The molecule has 0 spiro atoms. The Bertz CT molecular complexity index is 580. The maximum absolute atomic E-state index is 5.45. The molecule has 3 heterocycles. The third kappa shape index (κ3) is 4.64. The van der Waals surface area contributed by atoms with Crippen LogP contribution in [0.1, 0.15) is 31.7 Å². The molecule has 3 rings (SSSR count). The number of hydrogen-bond donors (Lipinski definition) is 1. The van der Waals surface area contributed by atoms with Crippen molar-refractivity contribution < 1.29 is 4.52 Å². The smallest absolute Gasteiger partial charge is 0.244 e. The minimum Gasteiger partial charge on any atom is -0.337 e. The number of rotatable bonds is 4. The first kappa shape index (κ1) is 19.8. The Morgan fingerprint density at radius 2 is 2.22 bits per heavy atom. The van der Waals surface area contributed by atoms with E-state index >= 15 is 0 Å². The molecule has 2 aromatic rings. The second kappa shape index (κ2) is 9.17. The lowest BCUT2D eigenvalue weighted by Gasteiger charge is -2.35. The summed E-state index contributed by atoms with van der Waals surface area (Å²) in [4.78, 5) is 11.0. The molecular weight excluding hydrogens is 337 g/mol. The van der Waals surface area contributed by atoms with Crippen LogP contribution in [0.2, 0.25) is 0 Å². The number of halogens is 2. The van der Waals surface area contributed by atoms with Gasteiger partial charge in [-0.05, 0) is 45.5 Å². The van der Waals surface area contributed by atoms with Crippen molar-refractivity contribution in [2.75, 3.05) is 20.1 Å². The summed E-state index contributed by atoms with van der Waals surface area (Å²) in [6.07, 6.45) is 5.90. The molecule has 0 radical (unpaired) electrons. The van der Waals surface area contributed by atoms with Gasteiger partial charge in [-0.2, -0.15) is 4.98 Å². The maximum atomic E-state index is 5.45. The number of aromatic nitrogens is 3. The highest BCUT2D eigenvalue weighted by molar-refractivity contribution is 5.85. The van der Waals surface area contributed by atoms with Crippen LogP contribution < -0.4 is 5.32 Å². The zero-order chi connectivity index (χ0) is 14.7. The lowest BCUT2D eigenvalue weighted by Crippen LogP contribution is -2.45. The summed E-state index contributed by atoms with van der Waals surface area (Å²) in [5.41, 5.74) is 0.881. The molecule has 2 unspecified atom stereocenters. The van der Waals surface area contributed by atoms with E-state index in [1.54, 1.807) is 12.4 Å². The van der Waals surface area contributed by atoms with E-state index in [2.05, 4.69) is 32.3 Å². The lowest BCUT2D eigenvalue weighted by molar-refractivity contribution is 0.126. The van der Waals surface area contributed by atoms with Crippen molar-refractivity contribution in [2.24, 2.45) is 0 Å². The Hall–Kier alpha value is -1.21. The van der Waals surface area contributed by atoms with Gasteiger partial charge in [0.25, 0.3) is 0 Å². The number of nitrogens with zero attached hydrogens (tertiary/aromatic N) is 4.